The van der Waals surface area contributed by atoms with Gasteiger partial charge in [-0.25, -0.2) is 13.8 Å². The van der Waals surface area contributed by atoms with Crippen molar-refractivity contribution in [2.75, 3.05) is 11.1 Å². The summed E-state index contributed by atoms with van der Waals surface area (Å²) in [6.45, 7) is -0.253. The van der Waals surface area contributed by atoms with Crippen molar-refractivity contribution in [3.8, 4) is 0 Å². The van der Waals surface area contributed by atoms with Crippen molar-refractivity contribution >= 4 is 11.8 Å². The number of halogens is 5. The number of hydrogen-bond donors (Lipinski definition) is 2. The highest BCUT2D eigenvalue weighted by atomic mass is 19.4. The molecule has 9 heteroatoms. The Morgan fingerprint density at radius 3 is 2.48 bits per heavy atom. The minimum atomic E-state index is -4.68. The van der Waals surface area contributed by atoms with E-state index in [0.717, 1.165) is 18.2 Å². The number of aromatic nitrogens is 2. The normalized spacial score (nSPS) is 11.5. The summed E-state index contributed by atoms with van der Waals surface area (Å²) < 4.78 is 64.0. The number of hydrogen-bond acceptors (Lipinski definition) is 4. The predicted molar refractivity (Wildman–Crippen MR) is 65.1 cm³/mol. The van der Waals surface area contributed by atoms with Crippen LogP contribution in [0.15, 0.2) is 24.3 Å². The van der Waals surface area contributed by atoms with E-state index < -0.39 is 29.5 Å². The van der Waals surface area contributed by atoms with E-state index in [9.17, 15) is 22.0 Å². The monoisotopic (exact) mass is 304 g/mol. The van der Waals surface area contributed by atoms with Gasteiger partial charge in [-0.05, 0) is 18.2 Å². The van der Waals surface area contributed by atoms with Gasteiger partial charge < -0.3 is 11.1 Å². The van der Waals surface area contributed by atoms with Crippen LogP contribution in [0, 0.1) is 11.6 Å². The molecule has 1 aromatic heterocycles. The first kappa shape index (κ1) is 14.9. The molecule has 0 fully saturated rings. The van der Waals surface area contributed by atoms with Crippen LogP contribution in [0.25, 0.3) is 0 Å². The van der Waals surface area contributed by atoms with Crippen LogP contribution in [0.1, 0.15) is 11.3 Å². The van der Waals surface area contributed by atoms with Crippen molar-refractivity contribution in [2.45, 2.75) is 12.7 Å². The van der Waals surface area contributed by atoms with E-state index in [1.807, 2.05) is 0 Å². The number of anilines is 2. The average molecular weight is 304 g/mol. The zero-order valence-corrected chi connectivity index (χ0v) is 10.4. The van der Waals surface area contributed by atoms with Crippen molar-refractivity contribution in [1.82, 2.24) is 9.97 Å². The van der Waals surface area contributed by atoms with Crippen molar-refractivity contribution in [1.29, 1.82) is 0 Å². The van der Waals surface area contributed by atoms with Crippen LogP contribution in [0.2, 0.25) is 0 Å². The third-order valence-electron chi connectivity index (χ3n) is 2.50. The molecule has 0 aliphatic heterocycles. The van der Waals surface area contributed by atoms with Gasteiger partial charge in [-0.15, -0.1) is 0 Å². The predicted octanol–water partition coefficient (Wildman–Crippen LogP) is 2.97. The summed E-state index contributed by atoms with van der Waals surface area (Å²) in [6, 6.07) is 3.41. The lowest BCUT2D eigenvalue weighted by Gasteiger charge is -2.10. The van der Waals surface area contributed by atoms with Gasteiger partial charge >= 0.3 is 6.18 Å². The zero-order chi connectivity index (χ0) is 15.6. The maximum atomic E-state index is 13.4. The van der Waals surface area contributed by atoms with Crippen LogP contribution < -0.4 is 11.1 Å². The molecule has 1 aromatic carbocycles. The Bertz CT molecular complexity index is 657. The molecular weight excluding hydrogens is 295 g/mol. The van der Waals surface area contributed by atoms with Crippen LogP contribution in [-0.2, 0) is 12.7 Å². The molecule has 0 unspecified atom stereocenters. The molecule has 0 saturated carbocycles. The fraction of sp³-hybridized carbons (Fsp3) is 0.167. The number of nitrogens with two attached hydrogens (primary N) is 1. The molecule has 112 valence electrons. The Hall–Kier alpha value is -2.45. The maximum Gasteiger partial charge on any atom is 0.433 e. The van der Waals surface area contributed by atoms with Gasteiger partial charge in [0, 0.05) is 18.2 Å². The largest absolute Gasteiger partial charge is 0.433 e. The van der Waals surface area contributed by atoms with Gasteiger partial charge in [-0.3, -0.25) is 0 Å². The summed E-state index contributed by atoms with van der Waals surface area (Å²) in [4.78, 5) is 6.61. The standard InChI is InChI=1S/C12H9F5N4/c13-7-1-2-8(14)6(3-7)5-19-10-4-9(12(15,16)17)20-11(18)21-10/h1-4H,5H2,(H3,18,19,20,21). The molecule has 0 spiro atoms. The van der Waals surface area contributed by atoms with Crippen LogP contribution in [0.5, 0.6) is 0 Å². The van der Waals surface area contributed by atoms with Crippen molar-refractivity contribution < 1.29 is 22.0 Å². The Balaban J connectivity index is 2.20. The lowest BCUT2D eigenvalue weighted by Crippen LogP contribution is -2.13. The van der Waals surface area contributed by atoms with E-state index in [4.69, 9.17) is 5.73 Å². The smallest absolute Gasteiger partial charge is 0.368 e. The van der Waals surface area contributed by atoms with Gasteiger partial charge in [0.1, 0.15) is 17.5 Å². The van der Waals surface area contributed by atoms with Crippen LogP contribution >= 0.6 is 0 Å². The molecule has 2 aromatic rings. The second-order valence-electron chi connectivity index (χ2n) is 4.08. The summed E-state index contributed by atoms with van der Waals surface area (Å²) in [6.07, 6.45) is -4.68. The number of rotatable bonds is 3. The first-order chi connectivity index (χ1) is 9.75. The highest BCUT2D eigenvalue weighted by Gasteiger charge is 2.33. The van der Waals surface area contributed by atoms with Crippen LogP contribution in [-0.4, -0.2) is 9.97 Å². The van der Waals surface area contributed by atoms with E-state index in [1.165, 1.54) is 0 Å². The Morgan fingerprint density at radius 2 is 1.81 bits per heavy atom. The molecule has 3 N–H and O–H groups in total. The molecule has 0 saturated heterocycles. The molecule has 0 atom stereocenters. The van der Waals surface area contributed by atoms with E-state index in [-0.39, 0.29) is 17.9 Å². The lowest BCUT2D eigenvalue weighted by atomic mass is 10.2. The first-order valence-corrected chi connectivity index (χ1v) is 5.65. The van der Waals surface area contributed by atoms with Gasteiger partial charge in [-0.2, -0.15) is 18.2 Å². The van der Waals surface area contributed by atoms with Gasteiger partial charge in [0.05, 0.1) is 0 Å². The van der Waals surface area contributed by atoms with E-state index in [2.05, 4.69) is 15.3 Å². The third kappa shape index (κ3) is 3.77. The minimum absolute atomic E-state index is 0.0549. The third-order valence-corrected chi connectivity index (χ3v) is 2.50. The number of nitrogens with one attached hydrogen (secondary N) is 1. The molecule has 1 heterocycles. The fourth-order valence-corrected chi connectivity index (χ4v) is 1.57. The lowest BCUT2D eigenvalue weighted by molar-refractivity contribution is -0.141. The Labute approximate surface area is 115 Å². The molecule has 2 rings (SSSR count). The zero-order valence-electron chi connectivity index (χ0n) is 10.4. The molecule has 0 aliphatic carbocycles. The second-order valence-corrected chi connectivity index (χ2v) is 4.08. The Morgan fingerprint density at radius 1 is 1.10 bits per heavy atom. The van der Waals surface area contributed by atoms with Gasteiger partial charge in [0.2, 0.25) is 5.95 Å². The molecule has 0 radical (unpaired) electrons. The maximum absolute atomic E-state index is 13.4. The Kier molecular flexibility index (Phi) is 3.92. The molecule has 0 bridgehead atoms. The molecule has 0 aliphatic rings. The van der Waals surface area contributed by atoms with E-state index >= 15 is 0 Å². The highest BCUT2D eigenvalue weighted by molar-refractivity contribution is 5.42. The van der Waals surface area contributed by atoms with Crippen LogP contribution in [0.4, 0.5) is 33.7 Å². The van der Waals surface area contributed by atoms with Crippen LogP contribution in [0.3, 0.4) is 0 Å². The highest BCUT2D eigenvalue weighted by Crippen LogP contribution is 2.29. The van der Waals surface area contributed by atoms with Gasteiger partial charge in [0.25, 0.3) is 0 Å². The topological polar surface area (TPSA) is 63.8 Å². The molecule has 0 amide bonds. The second kappa shape index (κ2) is 5.51. The summed E-state index contributed by atoms with van der Waals surface area (Å²) in [5, 5.41) is 2.44. The first-order valence-electron chi connectivity index (χ1n) is 5.65. The average Bonchev–Trinajstić information content (AvgIpc) is 2.38. The number of nitrogen functional groups attached to an aromatic ring is 1. The number of nitrogens with zero attached hydrogens (tertiary/aromatic N) is 2. The molecular formula is C12H9F5N4. The van der Waals surface area contributed by atoms with Crippen molar-refractivity contribution in [2.24, 2.45) is 0 Å². The van der Waals surface area contributed by atoms with E-state index in [0.29, 0.717) is 6.07 Å². The van der Waals surface area contributed by atoms with Gasteiger partial charge in [0.15, 0.2) is 5.69 Å². The van der Waals surface area contributed by atoms with Crippen molar-refractivity contribution in [3.63, 3.8) is 0 Å². The summed E-state index contributed by atoms with van der Waals surface area (Å²) >= 11 is 0. The summed E-state index contributed by atoms with van der Waals surface area (Å²) in [7, 11) is 0. The molecule has 21 heavy (non-hydrogen) atoms. The SMILES string of the molecule is Nc1nc(NCc2cc(F)ccc2F)cc(C(F)(F)F)n1. The van der Waals surface area contributed by atoms with Crippen molar-refractivity contribution in [3.05, 3.63) is 47.2 Å². The summed E-state index contributed by atoms with van der Waals surface area (Å²) in [5.41, 5.74) is 3.90. The quantitative estimate of drug-likeness (QED) is 0.856. The number of benzene rings is 1. The molecule has 4 nitrogen and oxygen atoms in total. The number of alkyl halides is 3. The fourth-order valence-electron chi connectivity index (χ4n) is 1.57. The minimum Gasteiger partial charge on any atom is -0.368 e. The van der Waals surface area contributed by atoms with E-state index in [1.54, 1.807) is 0 Å². The van der Waals surface area contributed by atoms with Gasteiger partial charge in [-0.1, -0.05) is 0 Å². The summed E-state index contributed by atoms with van der Waals surface area (Å²) in [5.74, 6) is -2.17.